The van der Waals surface area contributed by atoms with Crippen molar-refractivity contribution in [3.8, 4) is 0 Å². The van der Waals surface area contributed by atoms with Crippen LogP contribution in [0.3, 0.4) is 0 Å². The smallest absolute Gasteiger partial charge is 0.142 e. The monoisotopic (exact) mass is 190 g/mol. The quantitative estimate of drug-likeness (QED) is 0.530. The van der Waals surface area contributed by atoms with Crippen LogP contribution in [0.2, 0.25) is 0 Å². The van der Waals surface area contributed by atoms with Gasteiger partial charge in [0.15, 0.2) is 0 Å². The summed E-state index contributed by atoms with van der Waals surface area (Å²) in [7, 11) is 0. The fourth-order valence-corrected chi connectivity index (χ4v) is 0.850. The van der Waals surface area contributed by atoms with E-state index >= 15 is 0 Å². The van der Waals surface area contributed by atoms with Gasteiger partial charge in [-0.15, -0.1) is 0 Å². The zero-order valence-electron chi connectivity index (χ0n) is 8.95. The third-order valence-electron chi connectivity index (χ3n) is 1.52. The van der Waals surface area contributed by atoms with E-state index in [1.54, 1.807) is 0 Å². The van der Waals surface area contributed by atoms with Crippen LogP contribution < -0.4 is 0 Å². The summed E-state index contributed by atoms with van der Waals surface area (Å²) in [5, 5.41) is 3.79. The van der Waals surface area contributed by atoms with Crippen LogP contribution in [0.15, 0.2) is 35.5 Å². The van der Waals surface area contributed by atoms with Crippen LogP contribution in [0, 0.1) is 5.41 Å². The van der Waals surface area contributed by atoms with Crippen LogP contribution in [0.4, 0.5) is 0 Å². The molecular formula is C12H16NO. The van der Waals surface area contributed by atoms with E-state index in [0.29, 0.717) is 6.61 Å². The first-order valence-corrected chi connectivity index (χ1v) is 4.71. The highest BCUT2D eigenvalue weighted by Gasteiger charge is 2.06. The Labute approximate surface area is 85.6 Å². The Balaban J connectivity index is 2.33. The lowest BCUT2D eigenvalue weighted by Gasteiger charge is -2.08. The van der Waals surface area contributed by atoms with Crippen molar-refractivity contribution in [3.05, 3.63) is 35.9 Å². The number of hydrogen-bond acceptors (Lipinski definition) is 2. The molecule has 0 amide bonds. The van der Waals surface area contributed by atoms with Crippen molar-refractivity contribution in [2.45, 2.75) is 27.4 Å². The van der Waals surface area contributed by atoms with Gasteiger partial charge in [-0.05, 0) is 5.56 Å². The second-order valence-corrected chi connectivity index (χ2v) is 4.21. The average Bonchev–Trinajstić information content (AvgIpc) is 2.13. The third-order valence-corrected chi connectivity index (χ3v) is 1.52. The molecule has 0 aliphatic carbocycles. The number of hydrogen-bond donors (Lipinski definition) is 0. The fraction of sp³-hybridized carbons (Fsp3) is 0.417. The van der Waals surface area contributed by atoms with Crippen molar-refractivity contribution in [2.24, 2.45) is 10.6 Å². The lowest BCUT2D eigenvalue weighted by atomic mass is 10.00. The molecule has 0 N–H and O–H groups in total. The molecule has 0 saturated carbocycles. The number of rotatable bonds is 3. The maximum atomic E-state index is 5.11. The van der Waals surface area contributed by atoms with Crippen LogP contribution in [0.1, 0.15) is 26.3 Å². The average molecular weight is 190 g/mol. The Kier molecular flexibility index (Phi) is 3.69. The molecule has 14 heavy (non-hydrogen) atoms. The predicted octanol–water partition coefficient (Wildman–Crippen LogP) is 3.11. The zero-order valence-corrected chi connectivity index (χ0v) is 8.95. The maximum absolute atomic E-state index is 5.11. The van der Waals surface area contributed by atoms with Crippen molar-refractivity contribution in [2.75, 3.05) is 0 Å². The molecule has 75 valence electrons. The molecule has 1 radical (unpaired) electrons. The minimum Gasteiger partial charge on any atom is -0.391 e. The van der Waals surface area contributed by atoms with Crippen LogP contribution in [0.5, 0.6) is 0 Å². The van der Waals surface area contributed by atoms with Gasteiger partial charge in [0.05, 0.1) is 0 Å². The molecule has 0 fully saturated rings. The Hall–Kier alpha value is -1.31. The summed E-state index contributed by atoms with van der Waals surface area (Å²) in [5.41, 5.74) is 1.07. The van der Waals surface area contributed by atoms with E-state index in [1.807, 2.05) is 51.1 Å². The summed E-state index contributed by atoms with van der Waals surface area (Å²) >= 11 is 0. The Morgan fingerprint density at radius 1 is 1.21 bits per heavy atom. The molecule has 0 spiro atoms. The van der Waals surface area contributed by atoms with Gasteiger partial charge in [-0.25, -0.2) is 0 Å². The third kappa shape index (κ3) is 4.65. The minimum atomic E-state index is -0.0450. The van der Waals surface area contributed by atoms with Gasteiger partial charge in [0.25, 0.3) is 0 Å². The van der Waals surface area contributed by atoms with Crippen molar-refractivity contribution in [1.82, 2.24) is 0 Å². The molecule has 0 aliphatic rings. The summed E-state index contributed by atoms with van der Waals surface area (Å²) in [6.45, 7) is 6.59. The Bertz CT molecular complexity index is 285. The fourth-order valence-electron chi connectivity index (χ4n) is 0.850. The second-order valence-electron chi connectivity index (χ2n) is 4.21. The van der Waals surface area contributed by atoms with E-state index in [-0.39, 0.29) is 5.41 Å². The Morgan fingerprint density at radius 2 is 1.86 bits per heavy atom. The lowest BCUT2D eigenvalue weighted by Crippen LogP contribution is -2.06. The Morgan fingerprint density at radius 3 is 2.43 bits per heavy atom. The van der Waals surface area contributed by atoms with Crippen molar-refractivity contribution in [3.63, 3.8) is 0 Å². The van der Waals surface area contributed by atoms with Gasteiger partial charge in [0.2, 0.25) is 0 Å². The summed E-state index contributed by atoms with van der Waals surface area (Å²) in [6.07, 6.45) is 2.89. The van der Waals surface area contributed by atoms with E-state index in [4.69, 9.17) is 4.84 Å². The van der Waals surface area contributed by atoms with Gasteiger partial charge in [-0.1, -0.05) is 56.3 Å². The first kappa shape index (κ1) is 10.8. The molecule has 1 aromatic carbocycles. The van der Waals surface area contributed by atoms with Crippen molar-refractivity contribution in [1.29, 1.82) is 0 Å². The predicted molar refractivity (Wildman–Crippen MR) is 58.1 cm³/mol. The largest absolute Gasteiger partial charge is 0.391 e. The molecule has 2 heteroatoms. The molecule has 0 aliphatic heterocycles. The topological polar surface area (TPSA) is 21.6 Å². The molecule has 0 heterocycles. The highest BCUT2D eigenvalue weighted by molar-refractivity contribution is 5.63. The maximum Gasteiger partial charge on any atom is 0.142 e. The van der Waals surface area contributed by atoms with E-state index in [1.165, 1.54) is 0 Å². The van der Waals surface area contributed by atoms with Crippen LogP contribution in [0.25, 0.3) is 0 Å². The van der Waals surface area contributed by atoms with Gasteiger partial charge in [-0.3, -0.25) is 0 Å². The number of benzene rings is 1. The first-order chi connectivity index (χ1) is 6.58. The second kappa shape index (κ2) is 4.80. The van der Waals surface area contributed by atoms with Gasteiger partial charge >= 0.3 is 0 Å². The van der Waals surface area contributed by atoms with Crippen LogP contribution >= 0.6 is 0 Å². The molecular weight excluding hydrogens is 174 g/mol. The van der Waals surface area contributed by atoms with Gasteiger partial charge in [0, 0.05) is 5.41 Å². The minimum absolute atomic E-state index is 0.0450. The van der Waals surface area contributed by atoms with Crippen molar-refractivity contribution >= 4 is 6.21 Å². The molecule has 0 atom stereocenters. The highest BCUT2D eigenvalue weighted by atomic mass is 16.6. The van der Waals surface area contributed by atoms with Crippen molar-refractivity contribution < 1.29 is 4.84 Å². The molecule has 2 nitrogen and oxygen atoms in total. The molecule has 1 aromatic rings. The van der Waals surface area contributed by atoms with Gasteiger partial charge in [0.1, 0.15) is 12.8 Å². The first-order valence-electron chi connectivity index (χ1n) is 4.71. The molecule has 0 bridgehead atoms. The normalized spacial score (nSPS) is 11.9. The van der Waals surface area contributed by atoms with E-state index in [9.17, 15) is 0 Å². The van der Waals surface area contributed by atoms with E-state index in [2.05, 4.69) is 11.4 Å². The van der Waals surface area contributed by atoms with E-state index in [0.717, 1.165) is 5.56 Å². The number of nitrogens with zero attached hydrogens (tertiary/aromatic N) is 1. The molecule has 0 unspecified atom stereocenters. The molecule has 0 saturated heterocycles. The standard InChI is InChI=1S/C12H16NO/c1-12(2,3)10-13-14-9-11-7-5-4-6-8-11/h4-8H,9H2,1-3H3. The summed E-state index contributed by atoms with van der Waals surface area (Å²) in [5.74, 6) is 0. The molecule has 0 aromatic heterocycles. The SMILES string of the molecule is CC(C)(C)/[C]=N\OCc1ccccc1. The summed E-state index contributed by atoms with van der Waals surface area (Å²) in [4.78, 5) is 5.11. The summed E-state index contributed by atoms with van der Waals surface area (Å²) < 4.78 is 0. The van der Waals surface area contributed by atoms with Gasteiger partial charge in [-0.2, -0.15) is 0 Å². The van der Waals surface area contributed by atoms with Gasteiger partial charge < -0.3 is 4.84 Å². The van der Waals surface area contributed by atoms with Crippen LogP contribution in [-0.4, -0.2) is 6.21 Å². The summed E-state index contributed by atoms with van der Waals surface area (Å²) in [6, 6.07) is 9.96. The van der Waals surface area contributed by atoms with E-state index < -0.39 is 0 Å². The lowest BCUT2D eigenvalue weighted by molar-refractivity contribution is 0.129. The zero-order chi connectivity index (χ0) is 10.4. The molecule has 1 rings (SSSR count). The van der Waals surface area contributed by atoms with Crippen LogP contribution in [-0.2, 0) is 11.4 Å². The highest BCUT2D eigenvalue weighted by Crippen LogP contribution is 2.08.